The second-order valence-electron chi connectivity index (χ2n) is 6.82. The first-order chi connectivity index (χ1) is 14.6. The number of aliphatic hydroxyl groups is 1. The molecule has 1 aromatic heterocycles. The molecule has 0 bridgehead atoms. The van der Waals surface area contributed by atoms with Gasteiger partial charge in [-0.3, -0.25) is 4.90 Å². The highest BCUT2D eigenvalue weighted by molar-refractivity contribution is 6.30. The summed E-state index contributed by atoms with van der Waals surface area (Å²) in [4.78, 5) is 2.08. The van der Waals surface area contributed by atoms with Crippen LogP contribution in [0.1, 0.15) is 11.3 Å². The number of nitrogens with zero attached hydrogens (tertiary/aromatic N) is 1. The van der Waals surface area contributed by atoms with E-state index in [0.29, 0.717) is 41.9 Å². The Balaban J connectivity index is 1.68. The van der Waals surface area contributed by atoms with E-state index >= 15 is 0 Å². The molecular formula is C23H26ClNO5. The number of para-hydroxylation sites is 1. The summed E-state index contributed by atoms with van der Waals surface area (Å²) in [6, 6.07) is 16.6. The number of methoxy groups -OCH3 is 2. The zero-order valence-electron chi connectivity index (χ0n) is 17.1. The molecule has 0 aliphatic rings. The molecule has 6 nitrogen and oxygen atoms in total. The number of furan rings is 1. The van der Waals surface area contributed by atoms with Gasteiger partial charge in [-0.25, -0.2) is 0 Å². The van der Waals surface area contributed by atoms with E-state index < -0.39 is 6.10 Å². The number of hydrogen-bond donors (Lipinski definition) is 1. The van der Waals surface area contributed by atoms with Crippen molar-refractivity contribution in [1.82, 2.24) is 4.90 Å². The van der Waals surface area contributed by atoms with Crippen molar-refractivity contribution in [2.75, 3.05) is 27.4 Å². The van der Waals surface area contributed by atoms with Gasteiger partial charge in [-0.05, 0) is 42.5 Å². The van der Waals surface area contributed by atoms with E-state index in [1.807, 2.05) is 30.3 Å². The molecule has 1 N–H and O–H groups in total. The largest absolute Gasteiger partial charge is 0.493 e. The van der Waals surface area contributed by atoms with E-state index in [1.165, 1.54) is 0 Å². The van der Waals surface area contributed by atoms with Gasteiger partial charge in [0.2, 0.25) is 0 Å². The molecule has 0 unspecified atom stereocenters. The van der Waals surface area contributed by atoms with E-state index in [2.05, 4.69) is 4.90 Å². The third-order valence-electron chi connectivity index (χ3n) is 4.56. The summed E-state index contributed by atoms with van der Waals surface area (Å²) in [6.45, 7) is 1.62. The number of halogens is 1. The van der Waals surface area contributed by atoms with E-state index in [4.69, 9.17) is 30.2 Å². The van der Waals surface area contributed by atoms with Crippen LogP contribution >= 0.6 is 11.6 Å². The molecule has 0 aliphatic carbocycles. The van der Waals surface area contributed by atoms with Crippen molar-refractivity contribution in [2.24, 2.45) is 0 Å². The molecule has 0 spiro atoms. The molecule has 1 heterocycles. The number of rotatable bonds is 11. The summed E-state index contributed by atoms with van der Waals surface area (Å²) >= 11 is 5.89. The maximum absolute atomic E-state index is 10.6. The monoisotopic (exact) mass is 431 g/mol. The lowest BCUT2D eigenvalue weighted by molar-refractivity contribution is 0.0601. The normalized spacial score (nSPS) is 12.0. The molecule has 30 heavy (non-hydrogen) atoms. The summed E-state index contributed by atoms with van der Waals surface area (Å²) in [5, 5.41) is 11.2. The van der Waals surface area contributed by atoms with Crippen LogP contribution in [0.25, 0.3) is 0 Å². The summed E-state index contributed by atoms with van der Waals surface area (Å²) < 4.78 is 22.1. The number of ether oxygens (including phenoxy) is 3. The Bertz CT molecular complexity index is 898. The summed E-state index contributed by atoms with van der Waals surface area (Å²) in [5.74, 6) is 2.81. The van der Waals surface area contributed by atoms with Crippen LogP contribution in [0.15, 0.2) is 65.3 Å². The van der Waals surface area contributed by atoms with Crippen molar-refractivity contribution in [3.05, 3.63) is 77.2 Å². The van der Waals surface area contributed by atoms with Crippen molar-refractivity contribution in [3.8, 4) is 17.2 Å². The standard InChI is InChI=1S/C23H26ClNO5/c1-27-22-7-3-5-17(23(22)28-2)13-25(15-21-6-4-12-29-21)14-19(26)16-30-20-10-8-18(24)9-11-20/h3-12,19,26H,13-16H2,1-2H3/t19-/m0/s1. The van der Waals surface area contributed by atoms with Gasteiger partial charge in [0.15, 0.2) is 11.5 Å². The Hall–Kier alpha value is -2.67. The minimum atomic E-state index is -0.702. The first-order valence-electron chi connectivity index (χ1n) is 9.60. The van der Waals surface area contributed by atoms with Crippen LogP contribution in [-0.2, 0) is 13.1 Å². The highest BCUT2D eigenvalue weighted by Crippen LogP contribution is 2.31. The van der Waals surface area contributed by atoms with Gasteiger partial charge < -0.3 is 23.7 Å². The number of benzene rings is 2. The predicted molar refractivity (Wildman–Crippen MR) is 115 cm³/mol. The molecule has 7 heteroatoms. The Morgan fingerprint density at radius 2 is 1.80 bits per heavy atom. The molecule has 0 saturated heterocycles. The van der Waals surface area contributed by atoms with Crippen LogP contribution in [0, 0.1) is 0 Å². The maximum Gasteiger partial charge on any atom is 0.165 e. The van der Waals surface area contributed by atoms with Crippen molar-refractivity contribution in [2.45, 2.75) is 19.2 Å². The fraction of sp³-hybridized carbons (Fsp3) is 0.304. The predicted octanol–water partition coefficient (Wildman–Crippen LogP) is 4.39. The molecule has 0 fully saturated rings. The number of hydrogen-bond acceptors (Lipinski definition) is 6. The van der Waals surface area contributed by atoms with E-state index in [-0.39, 0.29) is 6.61 Å². The molecule has 1 atom stereocenters. The van der Waals surface area contributed by atoms with Crippen LogP contribution in [0.5, 0.6) is 17.2 Å². The van der Waals surface area contributed by atoms with Gasteiger partial charge in [-0.1, -0.05) is 23.7 Å². The Morgan fingerprint density at radius 1 is 1.00 bits per heavy atom. The highest BCUT2D eigenvalue weighted by Gasteiger charge is 2.18. The zero-order chi connectivity index (χ0) is 21.3. The van der Waals surface area contributed by atoms with Crippen LogP contribution < -0.4 is 14.2 Å². The Morgan fingerprint density at radius 3 is 2.47 bits per heavy atom. The quantitative estimate of drug-likeness (QED) is 0.485. The second-order valence-corrected chi connectivity index (χ2v) is 7.26. The maximum atomic E-state index is 10.6. The lowest BCUT2D eigenvalue weighted by Crippen LogP contribution is -2.35. The number of aliphatic hydroxyl groups excluding tert-OH is 1. The Labute approximate surface area is 181 Å². The molecule has 2 aromatic carbocycles. The third kappa shape index (κ3) is 6.16. The summed E-state index contributed by atoms with van der Waals surface area (Å²) in [5.41, 5.74) is 0.953. The molecule has 0 aliphatic heterocycles. The van der Waals surface area contributed by atoms with Crippen molar-refractivity contribution < 1.29 is 23.7 Å². The van der Waals surface area contributed by atoms with E-state index in [9.17, 15) is 5.11 Å². The summed E-state index contributed by atoms with van der Waals surface area (Å²) in [7, 11) is 3.23. The van der Waals surface area contributed by atoms with Crippen molar-refractivity contribution in [1.29, 1.82) is 0 Å². The second kappa shape index (κ2) is 10.9. The lowest BCUT2D eigenvalue weighted by Gasteiger charge is -2.25. The fourth-order valence-corrected chi connectivity index (χ4v) is 3.33. The first kappa shape index (κ1) is 22.0. The van der Waals surface area contributed by atoms with Crippen molar-refractivity contribution in [3.63, 3.8) is 0 Å². The highest BCUT2D eigenvalue weighted by atomic mass is 35.5. The third-order valence-corrected chi connectivity index (χ3v) is 4.81. The molecule has 0 radical (unpaired) electrons. The minimum absolute atomic E-state index is 0.158. The van der Waals surface area contributed by atoms with Gasteiger partial charge in [0.1, 0.15) is 24.2 Å². The van der Waals surface area contributed by atoms with Gasteiger partial charge in [-0.2, -0.15) is 0 Å². The molecule has 3 aromatic rings. The van der Waals surface area contributed by atoms with Gasteiger partial charge in [-0.15, -0.1) is 0 Å². The van der Waals surface area contributed by atoms with Crippen molar-refractivity contribution >= 4 is 11.6 Å². The van der Waals surface area contributed by atoms with E-state index in [0.717, 1.165) is 11.3 Å². The smallest absolute Gasteiger partial charge is 0.165 e. The van der Waals surface area contributed by atoms with Crippen LogP contribution in [0.4, 0.5) is 0 Å². The van der Waals surface area contributed by atoms with Gasteiger partial charge in [0.25, 0.3) is 0 Å². The average Bonchev–Trinajstić information content (AvgIpc) is 3.26. The fourth-order valence-electron chi connectivity index (χ4n) is 3.20. The zero-order valence-corrected chi connectivity index (χ0v) is 17.8. The SMILES string of the molecule is COc1cccc(CN(Cc2ccco2)C[C@H](O)COc2ccc(Cl)cc2)c1OC. The first-order valence-corrected chi connectivity index (χ1v) is 9.98. The Kier molecular flexibility index (Phi) is 8.02. The van der Waals surface area contributed by atoms with Gasteiger partial charge in [0, 0.05) is 23.7 Å². The molecular weight excluding hydrogens is 406 g/mol. The molecule has 160 valence electrons. The van der Waals surface area contributed by atoms with Crippen LogP contribution in [0.3, 0.4) is 0 Å². The van der Waals surface area contributed by atoms with Crippen LogP contribution in [-0.4, -0.2) is 43.5 Å². The summed E-state index contributed by atoms with van der Waals surface area (Å²) in [6.07, 6.45) is 0.937. The van der Waals surface area contributed by atoms with Gasteiger partial charge >= 0.3 is 0 Å². The average molecular weight is 432 g/mol. The molecule has 3 rings (SSSR count). The van der Waals surface area contributed by atoms with E-state index in [1.54, 1.807) is 44.7 Å². The topological polar surface area (TPSA) is 64.3 Å². The minimum Gasteiger partial charge on any atom is -0.493 e. The molecule has 0 amide bonds. The van der Waals surface area contributed by atoms with Crippen LogP contribution in [0.2, 0.25) is 5.02 Å². The molecule has 0 saturated carbocycles. The lowest BCUT2D eigenvalue weighted by atomic mass is 10.1. The van der Waals surface area contributed by atoms with Gasteiger partial charge in [0.05, 0.1) is 27.0 Å².